The molecule has 5 heteroatoms. The van der Waals surface area contributed by atoms with Gasteiger partial charge in [-0.2, -0.15) is 11.8 Å². The van der Waals surface area contributed by atoms with Crippen LogP contribution in [0.1, 0.15) is 32.6 Å². The fourth-order valence-electron chi connectivity index (χ4n) is 1.81. The Kier molecular flexibility index (Phi) is 9.91. The highest BCUT2D eigenvalue weighted by molar-refractivity contribution is 7.99. The Morgan fingerprint density at radius 3 is 2.67 bits per heavy atom. The highest BCUT2D eigenvalue weighted by Crippen LogP contribution is 2.08. The molecule has 0 fully saturated rings. The number of carbonyl (C=O) groups excluding carboxylic acids is 1. The van der Waals surface area contributed by atoms with Crippen LogP contribution in [0, 0.1) is 0 Å². The highest BCUT2D eigenvalue weighted by Gasteiger charge is 2.00. The van der Waals surface area contributed by atoms with Crippen molar-refractivity contribution in [3.05, 3.63) is 30.3 Å². The van der Waals surface area contributed by atoms with E-state index in [0.717, 1.165) is 48.7 Å². The smallest absolute Gasteiger partial charge is 0.229 e. The number of amides is 1. The summed E-state index contributed by atoms with van der Waals surface area (Å²) >= 11 is 6.97. The van der Waals surface area contributed by atoms with Crippen molar-refractivity contribution in [2.75, 3.05) is 23.4 Å². The molecule has 0 saturated heterocycles. The number of anilines is 1. The Bertz CT molecular complexity index is 424. The molecule has 1 aromatic rings. The first-order valence-corrected chi connectivity index (χ1v) is 8.98. The number of para-hydroxylation sites is 1. The van der Waals surface area contributed by atoms with Crippen molar-refractivity contribution in [1.29, 1.82) is 0 Å². The van der Waals surface area contributed by atoms with E-state index in [1.54, 1.807) is 11.8 Å². The number of thioether (sulfide) groups is 1. The minimum absolute atomic E-state index is 0.142. The van der Waals surface area contributed by atoms with Gasteiger partial charge in [-0.25, -0.2) is 0 Å². The van der Waals surface area contributed by atoms with Gasteiger partial charge in [0.05, 0.1) is 10.7 Å². The van der Waals surface area contributed by atoms with E-state index in [2.05, 4.69) is 17.6 Å². The maximum atomic E-state index is 11.4. The topological polar surface area (TPSA) is 41.1 Å². The average Bonchev–Trinajstić information content (AvgIpc) is 2.49. The number of hydrogen-bond acceptors (Lipinski definition) is 3. The molecule has 0 unspecified atom stereocenters. The summed E-state index contributed by atoms with van der Waals surface area (Å²) in [6.45, 7) is 2.83. The fourth-order valence-corrected chi connectivity index (χ4v) is 2.56. The molecule has 0 radical (unpaired) electrons. The van der Waals surface area contributed by atoms with Gasteiger partial charge in [-0.1, -0.05) is 43.8 Å². The Morgan fingerprint density at radius 2 is 1.95 bits per heavy atom. The summed E-state index contributed by atoms with van der Waals surface area (Å²) in [6, 6.07) is 9.99. The lowest BCUT2D eigenvalue weighted by atomic mass is 10.2. The number of benzene rings is 1. The molecule has 0 spiro atoms. The Morgan fingerprint density at radius 1 is 1.19 bits per heavy atom. The third-order valence-electron chi connectivity index (χ3n) is 2.90. The van der Waals surface area contributed by atoms with Gasteiger partial charge < -0.3 is 10.6 Å². The van der Waals surface area contributed by atoms with Crippen LogP contribution in [0.2, 0.25) is 0 Å². The minimum atomic E-state index is 0.142. The number of hydrogen-bond donors (Lipinski definition) is 2. The van der Waals surface area contributed by atoms with Gasteiger partial charge in [-0.05, 0) is 37.1 Å². The van der Waals surface area contributed by atoms with Crippen LogP contribution < -0.4 is 10.6 Å². The van der Waals surface area contributed by atoms with E-state index in [1.807, 2.05) is 30.3 Å². The van der Waals surface area contributed by atoms with Crippen LogP contribution >= 0.6 is 24.0 Å². The van der Waals surface area contributed by atoms with E-state index in [1.165, 1.54) is 0 Å². The van der Waals surface area contributed by atoms with E-state index < -0.39 is 0 Å². The van der Waals surface area contributed by atoms with Gasteiger partial charge in [-0.3, -0.25) is 4.79 Å². The fraction of sp³-hybridized carbons (Fsp3) is 0.500. The average molecular weight is 325 g/mol. The summed E-state index contributed by atoms with van der Waals surface area (Å²) in [6.07, 6.45) is 4.04. The predicted molar refractivity (Wildman–Crippen MR) is 97.1 cm³/mol. The number of thiocarbonyl (C=S) groups is 1. The summed E-state index contributed by atoms with van der Waals surface area (Å²) in [5, 5.41) is 6.17. The monoisotopic (exact) mass is 324 g/mol. The molecule has 0 saturated carbocycles. The molecule has 1 aromatic carbocycles. The summed E-state index contributed by atoms with van der Waals surface area (Å²) in [5.74, 6) is 1.70. The molecule has 0 aliphatic rings. The van der Waals surface area contributed by atoms with Crippen molar-refractivity contribution in [1.82, 2.24) is 5.32 Å². The van der Waals surface area contributed by atoms with Crippen LogP contribution in [-0.4, -0.2) is 28.9 Å². The molecule has 116 valence electrons. The minimum Gasteiger partial charge on any atom is -0.355 e. The van der Waals surface area contributed by atoms with E-state index >= 15 is 0 Å². The van der Waals surface area contributed by atoms with Crippen molar-refractivity contribution in [3.63, 3.8) is 0 Å². The van der Waals surface area contributed by atoms with Crippen molar-refractivity contribution in [2.24, 2.45) is 0 Å². The maximum Gasteiger partial charge on any atom is 0.229 e. The van der Waals surface area contributed by atoms with E-state index in [-0.39, 0.29) is 5.91 Å². The van der Waals surface area contributed by atoms with Crippen LogP contribution in [0.3, 0.4) is 0 Å². The van der Waals surface area contributed by atoms with Gasteiger partial charge in [0.2, 0.25) is 5.91 Å². The van der Waals surface area contributed by atoms with E-state index in [4.69, 9.17) is 12.2 Å². The maximum absolute atomic E-state index is 11.4. The molecule has 3 nitrogen and oxygen atoms in total. The third kappa shape index (κ3) is 9.47. The van der Waals surface area contributed by atoms with Crippen LogP contribution in [0.4, 0.5) is 5.69 Å². The quantitative estimate of drug-likeness (QED) is 0.506. The van der Waals surface area contributed by atoms with Crippen molar-refractivity contribution in [2.45, 2.75) is 32.6 Å². The lowest BCUT2D eigenvalue weighted by molar-refractivity contribution is -0.118. The normalized spacial score (nSPS) is 10.1. The van der Waals surface area contributed by atoms with Gasteiger partial charge in [0.15, 0.2) is 0 Å². The van der Waals surface area contributed by atoms with E-state index in [9.17, 15) is 4.79 Å². The number of nitrogens with one attached hydrogen (secondary N) is 2. The first-order valence-electron chi connectivity index (χ1n) is 7.41. The first kappa shape index (κ1) is 18.0. The van der Waals surface area contributed by atoms with Crippen molar-refractivity contribution >= 4 is 40.6 Å². The van der Waals surface area contributed by atoms with Crippen LogP contribution in [0.15, 0.2) is 30.3 Å². The molecule has 0 aliphatic heterocycles. The van der Waals surface area contributed by atoms with E-state index in [0.29, 0.717) is 5.75 Å². The van der Waals surface area contributed by atoms with Gasteiger partial charge in [0, 0.05) is 12.2 Å². The van der Waals surface area contributed by atoms with Crippen molar-refractivity contribution < 1.29 is 4.79 Å². The zero-order chi connectivity index (χ0) is 15.3. The third-order valence-corrected chi connectivity index (χ3v) is 4.08. The molecule has 0 heterocycles. The van der Waals surface area contributed by atoms with Gasteiger partial charge in [0.1, 0.15) is 0 Å². The lowest BCUT2D eigenvalue weighted by Crippen LogP contribution is -2.26. The predicted octanol–water partition coefficient (Wildman–Crippen LogP) is 3.86. The zero-order valence-corrected chi connectivity index (χ0v) is 14.2. The van der Waals surface area contributed by atoms with Crippen LogP contribution in [-0.2, 0) is 4.79 Å². The molecule has 0 bridgehead atoms. The molecule has 1 amide bonds. The molecular weight excluding hydrogens is 300 g/mol. The number of carbonyl (C=O) groups is 1. The molecule has 2 N–H and O–H groups in total. The van der Waals surface area contributed by atoms with Crippen molar-refractivity contribution in [3.8, 4) is 0 Å². The van der Waals surface area contributed by atoms with Crippen LogP contribution in [0.5, 0.6) is 0 Å². The molecular formula is C16H24N2OS2. The number of unbranched alkanes of at least 4 members (excludes halogenated alkanes) is 2. The molecule has 21 heavy (non-hydrogen) atoms. The first-order chi connectivity index (χ1) is 10.2. The Balaban J connectivity index is 1.99. The zero-order valence-electron chi connectivity index (χ0n) is 12.6. The summed E-state index contributed by atoms with van der Waals surface area (Å²) < 4.78 is 0. The summed E-state index contributed by atoms with van der Waals surface area (Å²) in [4.78, 5) is 12.3. The highest BCUT2D eigenvalue weighted by atomic mass is 32.2. The standard InChI is InChI=1S/C16H24N2OS2/c1-2-21-13-15(19)17-12-8-4-7-11-16(20)18-14-9-5-3-6-10-14/h3,5-6,9-10H,2,4,7-8,11-13H2,1H3,(H,17,19)(H,18,20). The molecule has 1 rings (SSSR count). The second-order valence-electron chi connectivity index (χ2n) is 4.71. The van der Waals surface area contributed by atoms with Crippen LogP contribution in [0.25, 0.3) is 0 Å². The second kappa shape index (κ2) is 11.6. The Hall–Kier alpha value is -1.07. The summed E-state index contributed by atoms with van der Waals surface area (Å²) in [5.41, 5.74) is 1.04. The molecule has 0 aliphatic carbocycles. The number of rotatable bonds is 10. The summed E-state index contributed by atoms with van der Waals surface area (Å²) in [7, 11) is 0. The SMILES string of the molecule is CCSCC(=O)NCCCCCC(=S)Nc1ccccc1. The Labute approximate surface area is 137 Å². The molecule has 0 aromatic heterocycles. The van der Waals surface area contributed by atoms with Gasteiger partial charge in [-0.15, -0.1) is 0 Å². The van der Waals surface area contributed by atoms with Gasteiger partial charge in [0.25, 0.3) is 0 Å². The second-order valence-corrected chi connectivity index (χ2v) is 6.48. The largest absolute Gasteiger partial charge is 0.355 e. The van der Waals surface area contributed by atoms with Gasteiger partial charge >= 0.3 is 0 Å². The lowest BCUT2D eigenvalue weighted by Gasteiger charge is -2.08. The molecule has 0 atom stereocenters.